The molecule has 0 fully saturated rings. The van der Waals surface area contributed by atoms with Gasteiger partial charge in [-0.3, -0.25) is 10.1 Å². The van der Waals surface area contributed by atoms with Crippen LogP contribution in [-0.2, 0) is 6.61 Å². The Balaban J connectivity index is 1.71. The molecule has 0 saturated carbocycles. The van der Waals surface area contributed by atoms with Crippen molar-refractivity contribution in [3.8, 4) is 17.1 Å². The summed E-state index contributed by atoms with van der Waals surface area (Å²) in [6, 6.07) is 11.6. The Morgan fingerprint density at radius 2 is 1.90 bits per heavy atom. The van der Waals surface area contributed by atoms with Gasteiger partial charge in [0.05, 0.1) is 0 Å². The van der Waals surface area contributed by atoms with E-state index in [2.05, 4.69) is 20.2 Å². The van der Waals surface area contributed by atoms with Crippen molar-refractivity contribution in [2.45, 2.75) is 13.5 Å². The van der Waals surface area contributed by atoms with Crippen LogP contribution in [0.1, 0.15) is 11.4 Å². The SMILES string of the molecule is Cc1ccccc1OCc1nc(-c2ccncc2)n[nH]1. The van der Waals surface area contributed by atoms with Crippen LogP contribution < -0.4 is 4.74 Å². The fourth-order valence-corrected chi connectivity index (χ4v) is 1.85. The predicted molar refractivity (Wildman–Crippen MR) is 75.1 cm³/mol. The van der Waals surface area contributed by atoms with Crippen LogP contribution in [0.4, 0.5) is 0 Å². The highest BCUT2D eigenvalue weighted by molar-refractivity contribution is 5.52. The summed E-state index contributed by atoms with van der Waals surface area (Å²) in [5.74, 6) is 2.20. The predicted octanol–water partition coefficient (Wildman–Crippen LogP) is 2.75. The number of hydrogen-bond acceptors (Lipinski definition) is 4. The number of pyridine rings is 1. The molecule has 0 aliphatic carbocycles. The van der Waals surface area contributed by atoms with Gasteiger partial charge in [-0.15, -0.1) is 0 Å². The second-order valence-corrected chi connectivity index (χ2v) is 4.40. The molecule has 0 amide bonds. The summed E-state index contributed by atoms with van der Waals surface area (Å²) in [7, 11) is 0. The number of ether oxygens (including phenoxy) is 1. The third kappa shape index (κ3) is 2.66. The first-order chi connectivity index (χ1) is 9.83. The zero-order valence-electron chi connectivity index (χ0n) is 11.1. The first-order valence-electron chi connectivity index (χ1n) is 6.33. The molecule has 5 heteroatoms. The minimum absolute atomic E-state index is 0.364. The summed E-state index contributed by atoms with van der Waals surface area (Å²) in [5, 5.41) is 7.06. The van der Waals surface area contributed by atoms with Crippen LogP contribution in [0.5, 0.6) is 5.75 Å². The van der Waals surface area contributed by atoms with Gasteiger partial charge in [-0.1, -0.05) is 18.2 Å². The largest absolute Gasteiger partial charge is 0.485 e. The number of hydrogen-bond donors (Lipinski definition) is 1. The number of nitrogens with zero attached hydrogens (tertiary/aromatic N) is 3. The lowest BCUT2D eigenvalue weighted by atomic mass is 10.2. The van der Waals surface area contributed by atoms with Crippen molar-refractivity contribution in [2.24, 2.45) is 0 Å². The molecule has 1 N–H and O–H groups in total. The number of H-pyrrole nitrogens is 1. The third-order valence-electron chi connectivity index (χ3n) is 2.93. The Morgan fingerprint density at radius 1 is 1.10 bits per heavy atom. The van der Waals surface area contributed by atoms with Crippen molar-refractivity contribution in [2.75, 3.05) is 0 Å². The van der Waals surface area contributed by atoms with Gasteiger partial charge in [0, 0.05) is 18.0 Å². The first-order valence-corrected chi connectivity index (χ1v) is 6.33. The van der Waals surface area contributed by atoms with Crippen molar-refractivity contribution in [1.82, 2.24) is 20.2 Å². The number of rotatable bonds is 4. The van der Waals surface area contributed by atoms with Crippen LogP contribution in [0.25, 0.3) is 11.4 Å². The fraction of sp³-hybridized carbons (Fsp3) is 0.133. The van der Waals surface area contributed by atoms with E-state index in [1.54, 1.807) is 12.4 Å². The lowest BCUT2D eigenvalue weighted by Gasteiger charge is -2.06. The lowest BCUT2D eigenvalue weighted by molar-refractivity contribution is 0.294. The molecule has 5 nitrogen and oxygen atoms in total. The minimum Gasteiger partial charge on any atom is -0.485 e. The van der Waals surface area contributed by atoms with Gasteiger partial charge in [-0.2, -0.15) is 5.10 Å². The molecule has 0 aliphatic heterocycles. The number of aromatic nitrogens is 4. The molecular weight excluding hydrogens is 252 g/mol. The van der Waals surface area contributed by atoms with Gasteiger partial charge >= 0.3 is 0 Å². The molecule has 2 heterocycles. The van der Waals surface area contributed by atoms with Gasteiger partial charge in [0.25, 0.3) is 0 Å². The van der Waals surface area contributed by atoms with Gasteiger partial charge in [-0.25, -0.2) is 4.98 Å². The van der Waals surface area contributed by atoms with Crippen molar-refractivity contribution >= 4 is 0 Å². The lowest BCUT2D eigenvalue weighted by Crippen LogP contribution is -1.98. The van der Waals surface area contributed by atoms with E-state index in [-0.39, 0.29) is 0 Å². The van der Waals surface area contributed by atoms with E-state index in [4.69, 9.17) is 4.74 Å². The van der Waals surface area contributed by atoms with Crippen molar-refractivity contribution in [3.05, 3.63) is 60.2 Å². The summed E-state index contributed by atoms with van der Waals surface area (Å²) in [5.41, 5.74) is 2.03. The minimum atomic E-state index is 0.364. The summed E-state index contributed by atoms with van der Waals surface area (Å²) in [4.78, 5) is 8.38. The van der Waals surface area contributed by atoms with Crippen LogP contribution in [0.2, 0.25) is 0 Å². The van der Waals surface area contributed by atoms with E-state index < -0.39 is 0 Å². The fourth-order valence-electron chi connectivity index (χ4n) is 1.85. The zero-order chi connectivity index (χ0) is 13.8. The number of benzene rings is 1. The van der Waals surface area contributed by atoms with Gasteiger partial charge in [-0.05, 0) is 30.7 Å². The quantitative estimate of drug-likeness (QED) is 0.788. The number of nitrogens with one attached hydrogen (secondary N) is 1. The number of aryl methyl sites for hydroxylation is 1. The van der Waals surface area contributed by atoms with Gasteiger partial charge in [0.15, 0.2) is 11.6 Å². The molecule has 0 saturated heterocycles. The van der Waals surface area contributed by atoms with Crippen LogP contribution >= 0.6 is 0 Å². The summed E-state index contributed by atoms with van der Waals surface area (Å²) < 4.78 is 5.73. The summed E-state index contributed by atoms with van der Waals surface area (Å²) in [6.45, 7) is 2.38. The highest BCUT2D eigenvalue weighted by Gasteiger charge is 2.06. The molecular formula is C15H14N4O. The van der Waals surface area contributed by atoms with Gasteiger partial charge in [0.2, 0.25) is 0 Å². The zero-order valence-corrected chi connectivity index (χ0v) is 11.1. The molecule has 0 spiro atoms. The normalized spacial score (nSPS) is 10.4. The van der Waals surface area contributed by atoms with E-state index in [9.17, 15) is 0 Å². The Bertz CT molecular complexity index is 694. The molecule has 0 unspecified atom stereocenters. The Kier molecular flexibility index (Phi) is 3.41. The molecule has 0 radical (unpaired) electrons. The molecule has 0 aliphatic rings. The van der Waals surface area contributed by atoms with Crippen molar-refractivity contribution in [1.29, 1.82) is 0 Å². The van der Waals surface area contributed by atoms with Crippen LogP contribution in [0, 0.1) is 6.92 Å². The smallest absolute Gasteiger partial charge is 0.181 e. The van der Waals surface area contributed by atoms with E-state index in [0.29, 0.717) is 18.3 Å². The maximum absolute atomic E-state index is 5.73. The van der Waals surface area contributed by atoms with E-state index >= 15 is 0 Å². The second kappa shape index (κ2) is 5.52. The molecule has 3 aromatic rings. The standard InChI is InChI=1S/C15H14N4O/c1-11-4-2-3-5-13(11)20-10-14-17-15(19-18-14)12-6-8-16-9-7-12/h2-9H,10H2,1H3,(H,17,18,19). The molecule has 0 bridgehead atoms. The highest BCUT2D eigenvalue weighted by atomic mass is 16.5. The van der Waals surface area contributed by atoms with E-state index in [1.165, 1.54) is 0 Å². The van der Waals surface area contributed by atoms with Crippen molar-refractivity contribution < 1.29 is 4.74 Å². The second-order valence-electron chi connectivity index (χ2n) is 4.40. The Labute approximate surface area is 116 Å². The molecule has 0 atom stereocenters. The summed E-state index contributed by atoms with van der Waals surface area (Å²) >= 11 is 0. The van der Waals surface area contributed by atoms with Crippen molar-refractivity contribution in [3.63, 3.8) is 0 Å². The molecule has 2 aromatic heterocycles. The van der Waals surface area contributed by atoms with Crippen LogP contribution in [0.15, 0.2) is 48.8 Å². The monoisotopic (exact) mass is 266 g/mol. The maximum atomic E-state index is 5.73. The van der Waals surface area contributed by atoms with Crippen LogP contribution in [-0.4, -0.2) is 20.2 Å². The van der Waals surface area contributed by atoms with Crippen LogP contribution in [0.3, 0.4) is 0 Å². The van der Waals surface area contributed by atoms with Gasteiger partial charge in [0.1, 0.15) is 12.4 Å². The molecule has 100 valence electrons. The molecule has 3 rings (SSSR count). The number of aromatic amines is 1. The average Bonchev–Trinajstić information content (AvgIpc) is 2.96. The maximum Gasteiger partial charge on any atom is 0.181 e. The average molecular weight is 266 g/mol. The van der Waals surface area contributed by atoms with Gasteiger partial charge < -0.3 is 4.74 Å². The Morgan fingerprint density at radius 3 is 2.70 bits per heavy atom. The first kappa shape index (κ1) is 12.3. The molecule has 20 heavy (non-hydrogen) atoms. The summed E-state index contributed by atoms with van der Waals surface area (Å²) in [6.07, 6.45) is 3.43. The topological polar surface area (TPSA) is 63.7 Å². The van der Waals surface area contributed by atoms with E-state index in [1.807, 2.05) is 43.3 Å². The van der Waals surface area contributed by atoms with E-state index in [0.717, 1.165) is 16.9 Å². The Hall–Kier alpha value is -2.69. The third-order valence-corrected chi connectivity index (χ3v) is 2.93. The number of para-hydroxylation sites is 1. The highest BCUT2D eigenvalue weighted by Crippen LogP contribution is 2.18. The molecule has 1 aromatic carbocycles.